The van der Waals surface area contributed by atoms with Crippen molar-refractivity contribution in [2.24, 2.45) is 0 Å². The maximum atomic E-state index is 13.2. The second-order valence-electron chi connectivity index (χ2n) is 9.60. The van der Waals surface area contributed by atoms with Crippen LogP contribution in [0.5, 0.6) is 0 Å². The van der Waals surface area contributed by atoms with Gasteiger partial charge in [-0.15, -0.1) is 0 Å². The number of carbonyl (C=O) groups is 1. The first-order valence-corrected chi connectivity index (χ1v) is 13.5. The second-order valence-corrected chi connectivity index (χ2v) is 10.7. The average Bonchev–Trinajstić information content (AvgIpc) is 3.73. The van der Waals surface area contributed by atoms with Crippen LogP contribution in [0.4, 0.5) is 5.69 Å². The van der Waals surface area contributed by atoms with Gasteiger partial charge < -0.3 is 20.5 Å². The lowest BCUT2D eigenvalue weighted by Gasteiger charge is -2.20. The molecule has 0 radical (unpaired) electrons. The van der Waals surface area contributed by atoms with Crippen molar-refractivity contribution < 1.29 is 9.21 Å². The molecule has 8 heteroatoms. The zero-order chi connectivity index (χ0) is 26.8. The van der Waals surface area contributed by atoms with Crippen molar-refractivity contribution >= 4 is 45.8 Å². The third-order valence-electron chi connectivity index (χ3n) is 6.49. The number of hydrogen-bond donors (Lipinski definition) is 4. The van der Waals surface area contributed by atoms with E-state index in [9.17, 15) is 9.59 Å². The molecular weight excluding hydrogens is 496 g/mol. The van der Waals surface area contributed by atoms with Gasteiger partial charge in [0.05, 0.1) is 22.7 Å². The largest absolute Gasteiger partial charge is 0.455 e. The molecule has 0 aliphatic heterocycles. The van der Waals surface area contributed by atoms with Crippen LogP contribution in [-0.2, 0) is 0 Å². The molecule has 194 valence electrons. The van der Waals surface area contributed by atoms with Crippen LogP contribution in [0, 0.1) is 12.3 Å². The Kier molecular flexibility index (Phi) is 7.24. The molecule has 1 fully saturated rings. The standard InChI is InChI=1S/C30H30N4O3S/c1-17-12-23(18(2)33-26-7-5-4-6-22(26)30(36)34-38-21-9-10-21)29-24(13-17)27(35)15-28(37-29)19-8-11-25(31)20(14-19)16-32-3/h4-8,11-16,18,21,31-33H,9-10H2,1-3H3,(H,34,36)/b20-16-,31-25?/t18-/m1/s1. The molecule has 5 rings (SSSR count). The molecule has 0 saturated heterocycles. The number of rotatable bonds is 8. The number of fused-ring (bicyclic) bond motifs is 1. The summed E-state index contributed by atoms with van der Waals surface area (Å²) in [4.78, 5) is 26.1. The Morgan fingerprint density at radius 3 is 2.74 bits per heavy atom. The second kappa shape index (κ2) is 10.8. The lowest BCUT2D eigenvalue weighted by Crippen LogP contribution is -2.19. The minimum absolute atomic E-state index is 0.132. The SMILES string of the molecule is CN/C=C1/C=C(c2cc(=O)c3cc(C)cc([C@@H](C)Nc4ccccc4C(=O)NSC4CC4)c3o2)C=CC1=N. The number of anilines is 1. The van der Waals surface area contributed by atoms with E-state index in [0.717, 1.165) is 24.0 Å². The van der Waals surface area contributed by atoms with E-state index < -0.39 is 0 Å². The molecule has 7 nitrogen and oxygen atoms in total. The molecule has 1 saturated carbocycles. The smallest absolute Gasteiger partial charge is 0.263 e. The number of allylic oxidation sites excluding steroid dienone is 5. The molecule has 1 atom stereocenters. The Morgan fingerprint density at radius 2 is 1.97 bits per heavy atom. The van der Waals surface area contributed by atoms with Crippen molar-refractivity contribution in [3.8, 4) is 0 Å². The molecule has 0 bridgehead atoms. The van der Waals surface area contributed by atoms with Crippen LogP contribution < -0.4 is 20.8 Å². The van der Waals surface area contributed by atoms with Gasteiger partial charge in [-0.05, 0) is 80.6 Å². The van der Waals surface area contributed by atoms with Gasteiger partial charge in [-0.25, -0.2) is 0 Å². The number of hydrogen-bond acceptors (Lipinski definition) is 7. The van der Waals surface area contributed by atoms with Crippen LogP contribution in [0.25, 0.3) is 16.5 Å². The van der Waals surface area contributed by atoms with Crippen molar-refractivity contribution in [3.63, 3.8) is 0 Å². The zero-order valence-corrected chi connectivity index (χ0v) is 22.4. The van der Waals surface area contributed by atoms with Gasteiger partial charge in [0.1, 0.15) is 11.3 Å². The Morgan fingerprint density at radius 1 is 1.18 bits per heavy atom. The van der Waals surface area contributed by atoms with Gasteiger partial charge in [-0.2, -0.15) is 0 Å². The van der Waals surface area contributed by atoms with Crippen LogP contribution in [-0.4, -0.2) is 23.9 Å². The molecule has 3 aromatic rings. The summed E-state index contributed by atoms with van der Waals surface area (Å²) in [5.74, 6) is 0.301. The molecule has 0 unspecified atom stereocenters. The van der Waals surface area contributed by atoms with Crippen molar-refractivity contribution in [2.75, 3.05) is 12.4 Å². The van der Waals surface area contributed by atoms with E-state index >= 15 is 0 Å². The van der Waals surface area contributed by atoms with E-state index in [2.05, 4.69) is 15.4 Å². The lowest BCUT2D eigenvalue weighted by atomic mass is 9.97. The average molecular weight is 527 g/mol. The van der Waals surface area contributed by atoms with E-state index in [1.165, 1.54) is 18.0 Å². The molecule has 4 N–H and O–H groups in total. The molecule has 1 aromatic heterocycles. The minimum atomic E-state index is -0.260. The molecule has 2 aromatic carbocycles. The minimum Gasteiger partial charge on any atom is -0.455 e. The van der Waals surface area contributed by atoms with E-state index in [4.69, 9.17) is 9.83 Å². The van der Waals surface area contributed by atoms with Crippen LogP contribution in [0.3, 0.4) is 0 Å². The summed E-state index contributed by atoms with van der Waals surface area (Å²) in [6, 6.07) is 12.5. The van der Waals surface area contributed by atoms with E-state index in [-0.39, 0.29) is 17.4 Å². The van der Waals surface area contributed by atoms with E-state index in [1.54, 1.807) is 31.5 Å². The molecule has 1 heterocycles. The normalized spacial score (nSPS) is 16.9. The quantitative estimate of drug-likeness (QED) is 0.273. The van der Waals surface area contributed by atoms with Gasteiger partial charge in [0.25, 0.3) is 5.91 Å². The Bertz CT molecular complexity index is 1580. The molecular formula is C30H30N4O3S. The van der Waals surface area contributed by atoms with Crippen molar-refractivity contribution in [3.05, 3.63) is 105 Å². The predicted molar refractivity (Wildman–Crippen MR) is 156 cm³/mol. The fourth-order valence-electron chi connectivity index (χ4n) is 4.38. The zero-order valence-electron chi connectivity index (χ0n) is 21.6. The van der Waals surface area contributed by atoms with Gasteiger partial charge in [0.2, 0.25) is 0 Å². The fourth-order valence-corrected chi connectivity index (χ4v) is 5.14. The maximum absolute atomic E-state index is 13.2. The number of para-hydroxylation sites is 1. The summed E-state index contributed by atoms with van der Waals surface area (Å²) in [6.07, 6.45) is 9.31. The Hall–Kier alpha value is -4.04. The first-order valence-electron chi connectivity index (χ1n) is 12.6. The van der Waals surface area contributed by atoms with Crippen LogP contribution in [0.15, 0.2) is 81.7 Å². The Labute approximate surface area is 225 Å². The highest BCUT2D eigenvalue weighted by Gasteiger charge is 2.24. The van der Waals surface area contributed by atoms with Crippen molar-refractivity contribution in [1.29, 1.82) is 5.41 Å². The molecule has 0 spiro atoms. The number of carbonyl (C=O) groups excluding carboxylic acids is 1. The van der Waals surface area contributed by atoms with E-state index in [0.29, 0.717) is 50.1 Å². The molecule has 1 amide bonds. The number of nitrogens with one attached hydrogen (secondary N) is 4. The number of aryl methyl sites for hydroxylation is 1. The van der Waals surface area contributed by atoms with Crippen molar-refractivity contribution in [1.82, 2.24) is 10.0 Å². The van der Waals surface area contributed by atoms with Crippen molar-refractivity contribution in [2.45, 2.75) is 38.0 Å². The molecule has 2 aliphatic rings. The third-order valence-corrected chi connectivity index (χ3v) is 7.60. The summed E-state index contributed by atoms with van der Waals surface area (Å²) in [6.45, 7) is 3.94. The maximum Gasteiger partial charge on any atom is 0.263 e. The van der Waals surface area contributed by atoms with Crippen LogP contribution in [0.1, 0.15) is 53.1 Å². The number of amides is 1. The van der Waals surface area contributed by atoms with Gasteiger partial charge >= 0.3 is 0 Å². The van der Waals surface area contributed by atoms with Gasteiger partial charge in [0.15, 0.2) is 5.43 Å². The highest BCUT2D eigenvalue weighted by atomic mass is 32.2. The fraction of sp³-hybridized carbons (Fsp3) is 0.233. The predicted octanol–water partition coefficient (Wildman–Crippen LogP) is 5.89. The monoisotopic (exact) mass is 526 g/mol. The first-order chi connectivity index (χ1) is 18.3. The molecule has 38 heavy (non-hydrogen) atoms. The highest BCUT2D eigenvalue weighted by molar-refractivity contribution is 7.98. The summed E-state index contributed by atoms with van der Waals surface area (Å²) in [5.41, 5.74) is 5.18. The third kappa shape index (κ3) is 5.45. The highest BCUT2D eigenvalue weighted by Crippen LogP contribution is 2.33. The van der Waals surface area contributed by atoms with Gasteiger partial charge in [-0.3, -0.25) is 14.3 Å². The van der Waals surface area contributed by atoms with Crippen LogP contribution in [0.2, 0.25) is 0 Å². The topological polar surface area (TPSA) is 107 Å². The lowest BCUT2D eigenvalue weighted by molar-refractivity contribution is 0.0985. The first kappa shape index (κ1) is 25.6. The summed E-state index contributed by atoms with van der Waals surface area (Å²) in [5, 5.41) is 15.6. The molecule has 2 aliphatic carbocycles. The van der Waals surface area contributed by atoms with Crippen LogP contribution >= 0.6 is 11.9 Å². The summed E-state index contributed by atoms with van der Waals surface area (Å²) < 4.78 is 9.34. The number of benzene rings is 2. The summed E-state index contributed by atoms with van der Waals surface area (Å²) in [7, 11) is 1.78. The van der Waals surface area contributed by atoms with Gasteiger partial charge in [-0.1, -0.05) is 18.2 Å². The van der Waals surface area contributed by atoms with Gasteiger partial charge in [0, 0.05) is 47.0 Å². The van der Waals surface area contributed by atoms with E-state index in [1.807, 2.05) is 50.3 Å². The Balaban J connectivity index is 1.51. The summed E-state index contributed by atoms with van der Waals surface area (Å²) >= 11 is 1.48.